The zero-order valence-electron chi connectivity index (χ0n) is 15.5. The van der Waals surface area contributed by atoms with Gasteiger partial charge in [0.1, 0.15) is 5.78 Å². The van der Waals surface area contributed by atoms with Crippen molar-refractivity contribution in [3.8, 4) is 11.1 Å². The van der Waals surface area contributed by atoms with Gasteiger partial charge in [0.2, 0.25) is 0 Å². The van der Waals surface area contributed by atoms with Crippen LogP contribution in [0.2, 0.25) is 5.02 Å². The molecule has 2 heterocycles. The Hall–Kier alpha value is -2.43. The minimum atomic E-state index is -1.49. The van der Waals surface area contributed by atoms with Gasteiger partial charge in [-0.25, -0.2) is 0 Å². The van der Waals surface area contributed by atoms with E-state index in [9.17, 15) is 14.7 Å². The Morgan fingerprint density at radius 2 is 1.82 bits per heavy atom. The van der Waals surface area contributed by atoms with Crippen LogP contribution in [-0.4, -0.2) is 15.5 Å². The van der Waals surface area contributed by atoms with E-state index in [1.54, 1.807) is 25.1 Å². The summed E-state index contributed by atoms with van der Waals surface area (Å²) in [6.07, 6.45) is 1.75. The fourth-order valence-corrected chi connectivity index (χ4v) is 5.28. The number of halogens is 1. The molecule has 1 aliphatic heterocycles. The molecule has 3 aromatic rings. The second-order valence-corrected chi connectivity index (χ2v) is 8.56. The third-order valence-corrected chi connectivity index (χ3v) is 6.86. The van der Waals surface area contributed by atoms with Crippen LogP contribution < -0.4 is 5.56 Å². The summed E-state index contributed by atoms with van der Waals surface area (Å²) in [6, 6.07) is 15.0. The number of rotatable bonds is 1. The van der Waals surface area contributed by atoms with E-state index in [4.69, 9.17) is 11.6 Å². The van der Waals surface area contributed by atoms with E-state index in [-0.39, 0.29) is 11.3 Å². The van der Waals surface area contributed by atoms with Gasteiger partial charge in [-0.15, -0.1) is 0 Å². The average Bonchev–Trinajstić information content (AvgIpc) is 2.92. The van der Waals surface area contributed by atoms with Gasteiger partial charge in [0.05, 0.1) is 5.41 Å². The first-order chi connectivity index (χ1) is 13.4. The van der Waals surface area contributed by atoms with Crippen molar-refractivity contribution in [2.45, 2.75) is 38.3 Å². The summed E-state index contributed by atoms with van der Waals surface area (Å²) in [4.78, 5) is 26.4. The number of carbonyl (C=O) groups excluding carboxylic acids is 1. The second-order valence-electron chi connectivity index (χ2n) is 8.12. The Balaban J connectivity index is 1.97. The number of hydrogen-bond donors (Lipinski definition) is 1. The Bertz CT molecular complexity index is 1200. The highest BCUT2D eigenvalue weighted by Gasteiger charge is 2.61. The molecular formula is C23H20ClNO3. The molecule has 142 valence electrons. The number of benzene rings is 2. The van der Waals surface area contributed by atoms with Crippen molar-refractivity contribution in [2.24, 2.45) is 5.41 Å². The van der Waals surface area contributed by atoms with Crippen LogP contribution in [0.5, 0.6) is 0 Å². The van der Waals surface area contributed by atoms with Gasteiger partial charge in [-0.3, -0.25) is 14.2 Å². The van der Waals surface area contributed by atoms with Crippen molar-refractivity contribution in [1.29, 1.82) is 0 Å². The van der Waals surface area contributed by atoms with Gasteiger partial charge in [-0.2, -0.15) is 0 Å². The van der Waals surface area contributed by atoms with Gasteiger partial charge < -0.3 is 5.11 Å². The Morgan fingerprint density at radius 1 is 1.07 bits per heavy atom. The highest BCUT2D eigenvalue weighted by atomic mass is 35.5. The number of fused-ring (bicyclic) bond motifs is 4. The van der Waals surface area contributed by atoms with Crippen LogP contribution in [-0.2, 0) is 16.9 Å². The number of pyridine rings is 1. The largest absolute Gasteiger partial charge is 0.369 e. The molecule has 0 saturated heterocycles. The first-order valence-electron chi connectivity index (χ1n) is 9.55. The number of hydrogen-bond acceptors (Lipinski definition) is 3. The quantitative estimate of drug-likeness (QED) is 0.671. The lowest BCUT2D eigenvalue weighted by atomic mass is 9.67. The molecule has 0 unspecified atom stereocenters. The summed E-state index contributed by atoms with van der Waals surface area (Å²) in [7, 11) is 0. The number of nitrogens with zero attached hydrogens (tertiary/aromatic N) is 1. The Labute approximate surface area is 167 Å². The molecule has 1 aliphatic carbocycles. The van der Waals surface area contributed by atoms with Gasteiger partial charge in [0, 0.05) is 34.5 Å². The molecule has 4 nitrogen and oxygen atoms in total. The molecule has 0 spiro atoms. The lowest BCUT2D eigenvalue weighted by molar-refractivity contribution is -0.171. The van der Waals surface area contributed by atoms with Crippen molar-refractivity contribution in [3.05, 3.63) is 69.6 Å². The van der Waals surface area contributed by atoms with Crippen molar-refractivity contribution < 1.29 is 9.90 Å². The van der Waals surface area contributed by atoms with Crippen LogP contribution in [0, 0.1) is 5.41 Å². The van der Waals surface area contributed by atoms with Crippen LogP contribution in [0.4, 0.5) is 0 Å². The fourth-order valence-electron chi connectivity index (χ4n) is 5.11. The summed E-state index contributed by atoms with van der Waals surface area (Å²) in [5.41, 5.74) is -0.228. The lowest BCUT2D eigenvalue weighted by Crippen LogP contribution is -2.54. The van der Waals surface area contributed by atoms with Gasteiger partial charge >= 0.3 is 0 Å². The molecule has 1 aromatic heterocycles. The number of aromatic nitrogens is 1. The monoisotopic (exact) mass is 393 g/mol. The lowest BCUT2D eigenvalue weighted by Gasteiger charge is -2.42. The molecule has 0 radical (unpaired) electrons. The molecule has 5 heteroatoms. The molecular weight excluding hydrogens is 374 g/mol. The fraction of sp³-hybridized carbons (Fsp3) is 0.304. The van der Waals surface area contributed by atoms with Gasteiger partial charge in [-0.1, -0.05) is 41.9 Å². The van der Waals surface area contributed by atoms with Gasteiger partial charge in [0.15, 0.2) is 5.72 Å². The predicted octanol–water partition coefficient (Wildman–Crippen LogP) is 4.28. The third-order valence-electron chi connectivity index (χ3n) is 6.62. The maximum absolute atomic E-state index is 13.5. The smallest absolute Gasteiger partial charge is 0.261 e. The van der Waals surface area contributed by atoms with E-state index in [0.717, 1.165) is 16.5 Å². The number of ketones is 1. The summed E-state index contributed by atoms with van der Waals surface area (Å²) < 4.78 is 1.50. The molecule has 28 heavy (non-hydrogen) atoms. The van der Waals surface area contributed by atoms with Crippen molar-refractivity contribution >= 4 is 28.2 Å². The minimum absolute atomic E-state index is 0.0189. The van der Waals surface area contributed by atoms with E-state index in [1.807, 2.05) is 30.3 Å². The molecule has 2 aromatic carbocycles. The highest BCUT2D eigenvalue weighted by molar-refractivity contribution is 6.31. The van der Waals surface area contributed by atoms with Gasteiger partial charge in [0.25, 0.3) is 5.56 Å². The molecule has 0 amide bonds. The maximum Gasteiger partial charge on any atom is 0.261 e. The molecule has 5 rings (SSSR count). The predicted molar refractivity (Wildman–Crippen MR) is 110 cm³/mol. The number of carbonyl (C=O) groups is 1. The Morgan fingerprint density at radius 3 is 2.57 bits per heavy atom. The van der Waals surface area contributed by atoms with Crippen molar-refractivity contribution in [1.82, 2.24) is 4.57 Å². The molecule has 0 bridgehead atoms. The summed E-state index contributed by atoms with van der Waals surface area (Å²) in [6.45, 7) is 1.80. The Kier molecular flexibility index (Phi) is 3.65. The maximum atomic E-state index is 13.5. The average molecular weight is 394 g/mol. The zero-order chi connectivity index (χ0) is 19.7. The standard InChI is InChI=1S/C23H20ClNO3/c1-22-13-18-20(14-6-3-2-4-7-14)17-12-15(24)9-10-16(17)21(27)25(18)23(22,28)11-5-8-19(22)26/h2-4,6-7,9-10,12,28H,5,8,11,13H2,1H3/t22-,23-/m0/s1. The van der Waals surface area contributed by atoms with E-state index < -0.39 is 11.1 Å². The van der Waals surface area contributed by atoms with Crippen LogP contribution in [0.25, 0.3) is 21.9 Å². The van der Waals surface area contributed by atoms with Crippen LogP contribution in [0.3, 0.4) is 0 Å². The first-order valence-corrected chi connectivity index (χ1v) is 9.93. The highest BCUT2D eigenvalue weighted by Crippen LogP contribution is 2.54. The van der Waals surface area contributed by atoms with Crippen LogP contribution >= 0.6 is 11.6 Å². The zero-order valence-corrected chi connectivity index (χ0v) is 16.3. The van der Waals surface area contributed by atoms with Crippen molar-refractivity contribution in [2.75, 3.05) is 0 Å². The summed E-state index contributed by atoms with van der Waals surface area (Å²) in [5, 5.41) is 13.5. The number of Topliss-reactive ketones (excluding diaryl/α,β-unsaturated/α-hetero) is 1. The van der Waals surface area contributed by atoms with Crippen LogP contribution in [0.15, 0.2) is 53.3 Å². The van der Waals surface area contributed by atoms with Gasteiger partial charge in [-0.05, 0) is 48.9 Å². The summed E-state index contributed by atoms with van der Waals surface area (Å²) >= 11 is 6.27. The SMILES string of the molecule is C[C@@]12Cc3c(-c4ccccc4)c4cc(Cl)ccc4c(=O)n3[C@]1(O)CCCC2=O. The molecule has 2 aliphatic rings. The van der Waals surface area contributed by atoms with E-state index in [0.29, 0.717) is 41.8 Å². The molecule has 1 N–H and O–H groups in total. The first kappa shape index (κ1) is 17.7. The molecule has 1 saturated carbocycles. The third kappa shape index (κ3) is 2.10. The minimum Gasteiger partial charge on any atom is -0.369 e. The normalized spacial score (nSPS) is 26.3. The summed E-state index contributed by atoms with van der Waals surface area (Å²) in [5.74, 6) is 0.0189. The van der Waals surface area contributed by atoms with E-state index >= 15 is 0 Å². The molecule has 1 fully saturated rings. The van der Waals surface area contributed by atoms with E-state index in [1.165, 1.54) is 4.57 Å². The van der Waals surface area contributed by atoms with Crippen LogP contribution in [0.1, 0.15) is 31.9 Å². The molecule has 2 atom stereocenters. The topological polar surface area (TPSA) is 59.3 Å². The van der Waals surface area contributed by atoms with E-state index in [2.05, 4.69) is 0 Å². The second kappa shape index (κ2) is 5.79. The number of aliphatic hydroxyl groups is 1. The van der Waals surface area contributed by atoms with Crippen molar-refractivity contribution in [3.63, 3.8) is 0 Å².